The molecule has 36 heavy (non-hydrogen) atoms. The maximum atomic E-state index is 13.1. The molecule has 0 aromatic heterocycles. The van der Waals surface area contributed by atoms with Crippen molar-refractivity contribution in [2.45, 2.75) is 77.5 Å². The first-order chi connectivity index (χ1) is 17.1. The van der Waals surface area contributed by atoms with Gasteiger partial charge in [-0.3, -0.25) is 4.79 Å². The Bertz CT molecular complexity index is 1130. The third-order valence-corrected chi connectivity index (χ3v) is 6.60. The summed E-state index contributed by atoms with van der Waals surface area (Å²) >= 11 is 0. The topological polar surface area (TPSA) is 99.8 Å². The summed E-state index contributed by atoms with van der Waals surface area (Å²) in [5.41, 5.74) is 2.70. The SMILES string of the molecule is Cc1ccc(NC(=O)N[C@@H]2CN(C3CCCCC3)c3ccccc3NC2=O)cc1C(=O)OC(C)(C)C. The van der Waals surface area contributed by atoms with Crippen molar-refractivity contribution in [3.8, 4) is 0 Å². The van der Waals surface area contributed by atoms with Crippen molar-refractivity contribution >= 4 is 35.0 Å². The molecular weight excluding hydrogens is 456 g/mol. The van der Waals surface area contributed by atoms with Gasteiger partial charge in [0.2, 0.25) is 5.91 Å². The number of urea groups is 1. The van der Waals surface area contributed by atoms with Crippen LogP contribution in [0.3, 0.4) is 0 Å². The van der Waals surface area contributed by atoms with Crippen LogP contribution in [0.2, 0.25) is 0 Å². The minimum absolute atomic E-state index is 0.255. The first-order valence-electron chi connectivity index (χ1n) is 12.7. The lowest BCUT2D eigenvalue weighted by atomic mass is 9.93. The molecule has 1 saturated carbocycles. The van der Waals surface area contributed by atoms with Gasteiger partial charge in [-0.2, -0.15) is 0 Å². The minimum atomic E-state index is -0.741. The number of ether oxygens (including phenoxy) is 1. The monoisotopic (exact) mass is 492 g/mol. The van der Waals surface area contributed by atoms with Crippen LogP contribution in [0.1, 0.15) is 68.8 Å². The molecule has 0 radical (unpaired) electrons. The van der Waals surface area contributed by atoms with Gasteiger partial charge >= 0.3 is 12.0 Å². The van der Waals surface area contributed by atoms with Crippen molar-refractivity contribution in [3.05, 3.63) is 53.6 Å². The van der Waals surface area contributed by atoms with E-state index in [9.17, 15) is 14.4 Å². The van der Waals surface area contributed by atoms with Crippen LogP contribution in [0.4, 0.5) is 21.9 Å². The van der Waals surface area contributed by atoms with Crippen molar-refractivity contribution in [3.63, 3.8) is 0 Å². The summed E-state index contributed by atoms with van der Waals surface area (Å²) in [5, 5.41) is 8.60. The predicted octanol–water partition coefficient (Wildman–Crippen LogP) is 5.23. The molecule has 2 aromatic carbocycles. The molecule has 0 spiro atoms. The summed E-state index contributed by atoms with van der Waals surface area (Å²) in [6, 6.07) is 12.0. The number of benzene rings is 2. The molecule has 0 saturated heterocycles. The summed E-state index contributed by atoms with van der Waals surface area (Å²) in [4.78, 5) is 40.9. The molecule has 1 heterocycles. The van der Waals surface area contributed by atoms with Crippen molar-refractivity contribution in [1.29, 1.82) is 0 Å². The van der Waals surface area contributed by atoms with Crippen LogP contribution in [0.25, 0.3) is 0 Å². The highest BCUT2D eigenvalue weighted by atomic mass is 16.6. The van der Waals surface area contributed by atoms with E-state index in [1.165, 1.54) is 6.42 Å². The maximum Gasteiger partial charge on any atom is 0.338 e. The fourth-order valence-electron chi connectivity index (χ4n) is 4.86. The van der Waals surface area contributed by atoms with Crippen LogP contribution in [0, 0.1) is 6.92 Å². The third kappa shape index (κ3) is 6.17. The first-order valence-corrected chi connectivity index (χ1v) is 12.7. The number of aryl methyl sites for hydroxylation is 1. The van der Waals surface area contributed by atoms with E-state index in [1.807, 2.05) is 52.0 Å². The molecule has 192 valence electrons. The molecule has 3 N–H and O–H groups in total. The molecule has 1 aliphatic heterocycles. The van der Waals surface area contributed by atoms with Crippen molar-refractivity contribution in [2.75, 3.05) is 22.1 Å². The van der Waals surface area contributed by atoms with Crippen molar-refractivity contribution < 1.29 is 19.1 Å². The lowest BCUT2D eigenvalue weighted by Gasteiger charge is -2.37. The summed E-state index contributed by atoms with van der Waals surface area (Å²) < 4.78 is 5.49. The Hall–Kier alpha value is -3.55. The van der Waals surface area contributed by atoms with E-state index in [-0.39, 0.29) is 5.91 Å². The zero-order chi connectivity index (χ0) is 25.9. The number of rotatable bonds is 4. The highest BCUT2D eigenvalue weighted by Gasteiger charge is 2.33. The Morgan fingerprint density at radius 3 is 2.50 bits per heavy atom. The van der Waals surface area contributed by atoms with Crippen molar-refractivity contribution in [2.24, 2.45) is 0 Å². The van der Waals surface area contributed by atoms with Crippen molar-refractivity contribution in [1.82, 2.24) is 5.32 Å². The van der Waals surface area contributed by atoms with Crippen LogP contribution in [-0.4, -0.2) is 42.1 Å². The Kier molecular flexibility index (Phi) is 7.52. The number of hydrogen-bond donors (Lipinski definition) is 3. The third-order valence-electron chi connectivity index (χ3n) is 6.60. The van der Waals surface area contributed by atoms with Gasteiger partial charge in [0.25, 0.3) is 0 Å². The van der Waals surface area contributed by atoms with Gasteiger partial charge in [-0.15, -0.1) is 0 Å². The fraction of sp³-hybridized carbons (Fsp3) is 0.464. The van der Waals surface area contributed by atoms with E-state index >= 15 is 0 Å². The van der Waals surface area contributed by atoms with Gasteiger partial charge in [0.05, 0.1) is 16.9 Å². The molecule has 2 aromatic rings. The number of hydrogen-bond acceptors (Lipinski definition) is 5. The molecule has 2 aliphatic rings. The number of para-hydroxylation sites is 2. The van der Waals surface area contributed by atoms with Gasteiger partial charge in [0, 0.05) is 18.3 Å². The van der Waals surface area contributed by atoms with E-state index in [0.29, 0.717) is 23.8 Å². The molecule has 0 unspecified atom stereocenters. The number of amides is 3. The van der Waals surface area contributed by atoms with Crippen LogP contribution in [0.15, 0.2) is 42.5 Å². The van der Waals surface area contributed by atoms with E-state index < -0.39 is 23.6 Å². The predicted molar refractivity (Wildman–Crippen MR) is 142 cm³/mol. The number of fused-ring (bicyclic) bond motifs is 1. The zero-order valence-corrected chi connectivity index (χ0v) is 21.5. The number of anilines is 3. The Labute approximate surface area is 212 Å². The van der Waals surface area contributed by atoms with Crippen LogP contribution >= 0.6 is 0 Å². The molecule has 4 rings (SSSR count). The largest absolute Gasteiger partial charge is 0.456 e. The second-order valence-electron chi connectivity index (χ2n) is 10.6. The summed E-state index contributed by atoms with van der Waals surface area (Å²) in [6.07, 6.45) is 5.69. The summed E-state index contributed by atoms with van der Waals surface area (Å²) in [7, 11) is 0. The smallest absolute Gasteiger partial charge is 0.338 e. The van der Waals surface area contributed by atoms with Gasteiger partial charge in [-0.25, -0.2) is 9.59 Å². The Morgan fingerprint density at radius 2 is 1.78 bits per heavy atom. The Balaban J connectivity index is 1.49. The summed E-state index contributed by atoms with van der Waals surface area (Å²) in [6.45, 7) is 7.63. The fourth-order valence-corrected chi connectivity index (χ4v) is 4.86. The van der Waals surface area contributed by atoms with E-state index in [4.69, 9.17) is 4.74 Å². The van der Waals surface area contributed by atoms with Crippen LogP contribution in [-0.2, 0) is 9.53 Å². The molecule has 1 aliphatic carbocycles. The Morgan fingerprint density at radius 1 is 1.06 bits per heavy atom. The average molecular weight is 493 g/mol. The molecule has 3 amide bonds. The highest BCUT2D eigenvalue weighted by molar-refractivity contribution is 6.03. The van der Waals surface area contributed by atoms with Gasteiger partial charge in [0.1, 0.15) is 11.6 Å². The highest BCUT2D eigenvalue weighted by Crippen LogP contribution is 2.34. The average Bonchev–Trinajstić information content (AvgIpc) is 2.96. The van der Waals surface area contributed by atoms with Gasteiger partial charge < -0.3 is 25.6 Å². The van der Waals surface area contributed by atoms with Gasteiger partial charge in [-0.1, -0.05) is 37.5 Å². The number of nitrogens with one attached hydrogen (secondary N) is 3. The molecule has 0 bridgehead atoms. The van der Waals surface area contributed by atoms with Crippen LogP contribution < -0.4 is 20.9 Å². The second kappa shape index (κ2) is 10.6. The van der Waals surface area contributed by atoms with E-state index in [0.717, 1.165) is 42.6 Å². The van der Waals surface area contributed by atoms with E-state index in [1.54, 1.807) is 18.2 Å². The molecule has 8 heteroatoms. The molecule has 1 fully saturated rings. The van der Waals surface area contributed by atoms with E-state index in [2.05, 4.69) is 20.9 Å². The standard InChI is InChI=1S/C28H36N4O4/c1-18-14-15-19(16-21(18)26(34)36-28(2,3)4)29-27(35)31-23-17-32(20-10-6-5-7-11-20)24-13-9-8-12-22(24)30-25(23)33/h8-9,12-16,20,23H,5-7,10-11,17H2,1-4H3,(H,30,33)(H2,29,31,35)/t23-/m1/s1. The number of carbonyl (C=O) groups is 3. The summed E-state index contributed by atoms with van der Waals surface area (Å²) in [5.74, 6) is -0.706. The lowest BCUT2D eigenvalue weighted by Crippen LogP contribution is -2.52. The number of nitrogens with zero attached hydrogens (tertiary/aromatic N) is 1. The number of carbonyl (C=O) groups excluding carboxylic acids is 3. The lowest BCUT2D eigenvalue weighted by molar-refractivity contribution is -0.117. The minimum Gasteiger partial charge on any atom is -0.456 e. The number of esters is 1. The maximum absolute atomic E-state index is 13.1. The second-order valence-corrected chi connectivity index (χ2v) is 10.6. The first kappa shape index (κ1) is 25.5. The quantitative estimate of drug-likeness (QED) is 0.508. The molecule has 8 nitrogen and oxygen atoms in total. The molecule has 1 atom stereocenters. The zero-order valence-electron chi connectivity index (χ0n) is 21.5. The van der Waals surface area contributed by atoms with Gasteiger partial charge in [-0.05, 0) is 70.4 Å². The normalized spacial score (nSPS) is 18.5. The van der Waals surface area contributed by atoms with Crippen LogP contribution in [0.5, 0.6) is 0 Å². The van der Waals surface area contributed by atoms with Gasteiger partial charge in [0.15, 0.2) is 0 Å². The molecular formula is C28H36N4O4.